The lowest BCUT2D eigenvalue weighted by atomic mass is 10.2. The zero-order valence-corrected chi connectivity index (χ0v) is 12.0. The first-order valence-corrected chi connectivity index (χ1v) is 7.31. The van der Waals surface area contributed by atoms with Crippen LogP contribution < -0.4 is 0 Å². The van der Waals surface area contributed by atoms with Crippen LogP contribution in [-0.2, 0) is 17.8 Å². The molecule has 0 fully saturated rings. The lowest BCUT2D eigenvalue weighted by molar-refractivity contribution is -0.116. The van der Waals surface area contributed by atoms with E-state index >= 15 is 0 Å². The molecule has 0 aliphatic carbocycles. The van der Waals surface area contributed by atoms with Gasteiger partial charge in [-0.15, -0.1) is 0 Å². The monoisotopic (exact) mass is 254 g/mol. The van der Waals surface area contributed by atoms with Crippen LogP contribution in [0.5, 0.6) is 0 Å². The normalized spacial score (nSPS) is 11.1. The van der Waals surface area contributed by atoms with Crippen molar-refractivity contribution in [3.8, 4) is 0 Å². The van der Waals surface area contributed by atoms with Gasteiger partial charge in [0.05, 0.1) is 11.4 Å². The van der Waals surface area contributed by atoms with Gasteiger partial charge in [0, 0.05) is 18.7 Å². The van der Waals surface area contributed by atoms with Gasteiger partial charge in [-0.05, 0) is 31.6 Å². The van der Waals surface area contributed by atoms with Gasteiger partial charge in [-0.3, -0.25) is 9.48 Å². The molecular weight excluding hydrogens is 232 g/mol. The second-order valence-electron chi connectivity index (χ2n) is 4.72. The highest BCUT2D eigenvalue weighted by molar-refractivity contribution is 7.99. The summed E-state index contributed by atoms with van der Waals surface area (Å²) in [5, 5.41) is 4.35. The van der Waals surface area contributed by atoms with Gasteiger partial charge in [0.1, 0.15) is 5.78 Å². The standard InChI is InChI=1S/C13H22N2OS/c1-5-15-12(6-11(4)14-15)7-13(16)9-17-8-10(2)3/h6,10H,5,7-9H2,1-4H3. The van der Waals surface area contributed by atoms with Crippen molar-refractivity contribution in [2.24, 2.45) is 5.92 Å². The van der Waals surface area contributed by atoms with Crippen molar-refractivity contribution in [3.05, 3.63) is 17.5 Å². The van der Waals surface area contributed by atoms with Crippen LogP contribution in [0.1, 0.15) is 32.2 Å². The van der Waals surface area contributed by atoms with Crippen LogP contribution >= 0.6 is 11.8 Å². The number of carbonyl (C=O) groups excluding carboxylic acids is 1. The molecule has 0 radical (unpaired) electrons. The van der Waals surface area contributed by atoms with Crippen molar-refractivity contribution < 1.29 is 4.79 Å². The third kappa shape index (κ3) is 4.94. The van der Waals surface area contributed by atoms with Crippen molar-refractivity contribution in [1.82, 2.24) is 9.78 Å². The predicted octanol–water partition coefficient (Wildman–Crippen LogP) is 2.71. The summed E-state index contributed by atoms with van der Waals surface area (Å²) in [6, 6.07) is 2.01. The molecule has 96 valence electrons. The number of aromatic nitrogens is 2. The Labute approximate surface area is 108 Å². The Hall–Kier alpha value is -0.770. The Balaban J connectivity index is 2.44. The summed E-state index contributed by atoms with van der Waals surface area (Å²) in [5.41, 5.74) is 2.03. The van der Waals surface area contributed by atoms with Crippen molar-refractivity contribution in [2.75, 3.05) is 11.5 Å². The number of hydrogen-bond acceptors (Lipinski definition) is 3. The fourth-order valence-corrected chi connectivity index (χ4v) is 2.60. The van der Waals surface area contributed by atoms with Crippen molar-refractivity contribution in [2.45, 2.75) is 40.7 Å². The van der Waals surface area contributed by atoms with E-state index in [9.17, 15) is 4.79 Å². The number of nitrogens with zero attached hydrogens (tertiary/aromatic N) is 2. The van der Waals surface area contributed by atoms with Gasteiger partial charge in [0.15, 0.2) is 0 Å². The van der Waals surface area contributed by atoms with Crippen LogP contribution in [0.3, 0.4) is 0 Å². The summed E-state index contributed by atoms with van der Waals surface area (Å²) >= 11 is 1.73. The van der Waals surface area contributed by atoms with Crippen molar-refractivity contribution >= 4 is 17.5 Å². The van der Waals surface area contributed by atoms with Gasteiger partial charge in [-0.2, -0.15) is 16.9 Å². The number of carbonyl (C=O) groups is 1. The number of hydrogen-bond donors (Lipinski definition) is 0. The Bertz CT molecular complexity index is 371. The topological polar surface area (TPSA) is 34.9 Å². The van der Waals surface area contributed by atoms with Gasteiger partial charge < -0.3 is 0 Å². The first kappa shape index (κ1) is 14.3. The molecule has 0 saturated heterocycles. The molecule has 0 aromatic carbocycles. The third-order valence-corrected chi connectivity index (χ3v) is 3.81. The minimum absolute atomic E-state index is 0.297. The fraction of sp³-hybridized carbons (Fsp3) is 0.692. The second kappa shape index (κ2) is 6.84. The van der Waals surface area contributed by atoms with E-state index in [4.69, 9.17) is 0 Å². The van der Waals surface area contributed by atoms with Crippen molar-refractivity contribution in [1.29, 1.82) is 0 Å². The molecule has 0 atom stereocenters. The molecule has 17 heavy (non-hydrogen) atoms. The molecule has 0 saturated carbocycles. The van der Waals surface area contributed by atoms with Crippen LogP contribution in [0.4, 0.5) is 0 Å². The van der Waals surface area contributed by atoms with Crippen LogP contribution in [-0.4, -0.2) is 27.1 Å². The lowest BCUT2D eigenvalue weighted by Crippen LogP contribution is -2.11. The molecule has 0 unspecified atom stereocenters. The largest absolute Gasteiger partial charge is 0.298 e. The lowest BCUT2D eigenvalue weighted by Gasteiger charge is -2.05. The number of ketones is 1. The van der Waals surface area contributed by atoms with E-state index in [2.05, 4.69) is 18.9 Å². The first-order chi connectivity index (χ1) is 8.02. The summed E-state index contributed by atoms with van der Waals surface area (Å²) in [7, 11) is 0. The highest BCUT2D eigenvalue weighted by Crippen LogP contribution is 2.10. The van der Waals surface area contributed by atoms with E-state index in [1.807, 2.05) is 24.6 Å². The maximum absolute atomic E-state index is 11.8. The highest BCUT2D eigenvalue weighted by atomic mass is 32.2. The molecule has 0 N–H and O–H groups in total. The molecule has 0 spiro atoms. The zero-order chi connectivity index (χ0) is 12.8. The Morgan fingerprint density at radius 2 is 2.24 bits per heavy atom. The first-order valence-electron chi connectivity index (χ1n) is 6.15. The summed E-state index contributed by atoms with van der Waals surface area (Å²) in [4.78, 5) is 11.8. The van der Waals surface area contributed by atoms with E-state index in [0.717, 1.165) is 23.7 Å². The Kier molecular flexibility index (Phi) is 5.75. The maximum Gasteiger partial charge on any atom is 0.148 e. The van der Waals surface area contributed by atoms with E-state index in [-0.39, 0.29) is 0 Å². The van der Waals surface area contributed by atoms with Crippen LogP contribution in [0, 0.1) is 12.8 Å². The number of thioether (sulfide) groups is 1. The molecule has 0 aliphatic rings. The molecule has 0 aliphatic heterocycles. The van der Waals surface area contributed by atoms with E-state index in [0.29, 0.717) is 23.9 Å². The van der Waals surface area contributed by atoms with Crippen LogP contribution in [0.2, 0.25) is 0 Å². The van der Waals surface area contributed by atoms with Gasteiger partial charge >= 0.3 is 0 Å². The minimum atomic E-state index is 0.297. The quantitative estimate of drug-likeness (QED) is 0.750. The number of rotatable bonds is 7. The SMILES string of the molecule is CCn1nc(C)cc1CC(=O)CSCC(C)C. The summed E-state index contributed by atoms with van der Waals surface area (Å²) in [6.45, 7) is 9.19. The fourth-order valence-electron chi connectivity index (χ4n) is 1.68. The minimum Gasteiger partial charge on any atom is -0.298 e. The van der Waals surface area contributed by atoms with Gasteiger partial charge in [0.2, 0.25) is 0 Å². The smallest absolute Gasteiger partial charge is 0.148 e. The van der Waals surface area contributed by atoms with E-state index < -0.39 is 0 Å². The van der Waals surface area contributed by atoms with Crippen molar-refractivity contribution in [3.63, 3.8) is 0 Å². The molecule has 3 nitrogen and oxygen atoms in total. The van der Waals surface area contributed by atoms with Crippen LogP contribution in [0.25, 0.3) is 0 Å². The molecule has 0 amide bonds. The molecule has 1 aromatic heterocycles. The second-order valence-corrected chi connectivity index (χ2v) is 5.75. The molecule has 1 heterocycles. The maximum atomic E-state index is 11.8. The Morgan fingerprint density at radius 3 is 2.82 bits per heavy atom. The number of aryl methyl sites for hydroxylation is 2. The summed E-state index contributed by atoms with van der Waals surface area (Å²) in [6.07, 6.45) is 0.514. The molecular formula is C13H22N2OS. The predicted molar refractivity (Wildman–Crippen MR) is 73.5 cm³/mol. The third-order valence-electron chi connectivity index (χ3n) is 2.38. The van der Waals surface area contributed by atoms with E-state index in [1.54, 1.807) is 11.8 Å². The molecule has 1 aromatic rings. The summed E-state index contributed by atoms with van der Waals surface area (Å²) < 4.78 is 1.92. The van der Waals surface area contributed by atoms with E-state index in [1.165, 1.54) is 0 Å². The molecule has 4 heteroatoms. The zero-order valence-electron chi connectivity index (χ0n) is 11.2. The van der Waals surface area contributed by atoms with Gasteiger partial charge in [-0.25, -0.2) is 0 Å². The molecule has 0 bridgehead atoms. The average Bonchev–Trinajstić information content (AvgIpc) is 2.58. The molecule has 1 rings (SSSR count). The Morgan fingerprint density at radius 1 is 1.53 bits per heavy atom. The average molecular weight is 254 g/mol. The summed E-state index contributed by atoms with van der Waals surface area (Å²) in [5.74, 6) is 2.62. The van der Waals surface area contributed by atoms with Crippen LogP contribution in [0.15, 0.2) is 6.07 Å². The highest BCUT2D eigenvalue weighted by Gasteiger charge is 2.10. The number of Topliss-reactive ketones (excluding diaryl/α,β-unsaturated/α-hetero) is 1. The van der Waals surface area contributed by atoms with Gasteiger partial charge in [0.25, 0.3) is 0 Å². The van der Waals surface area contributed by atoms with Gasteiger partial charge in [-0.1, -0.05) is 13.8 Å².